The minimum atomic E-state index is -0.821. The molecular weight excluding hydrogens is 220 g/mol. The Labute approximate surface area is 98.3 Å². The molecule has 0 aliphatic heterocycles. The van der Waals surface area contributed by atoms with Crippen molar-refractivity contribution in [3.05, 3.63) is 18.1 Å². The van der Waals surface area contributed by atoms with Crippen LogP contribution in [0.5, 0.6) is 0 Å². The van der Waals surface area contributed by atoms with Crippen molar-refractivity contribution in [2.45, 2.75) is 31.2 Å². The van der Waals surface area contributed by atoms with Crippen LogP contribution in [-0.2, 0) is 4.79 Å². The predicted octanol–water partition coefficient (Wildman–Crippen LogP) is 1.16. The standard InChI is InChI=1S/C11H12N4O2/c12-5-8-6-14-9(7-13-8)15-11(2-1-3-11)4-10(16)17/h6-7H,1-4H2,(H,14,15)(H,16,17). The number of hydrogen-bond acceptors (Lipinski definition) is 5. The summed E-state index contributed by atoms with van der Waals surface area (Å²) >= 11 is 0. The van der Waals surface area contributed by atoms with Crippen LogP contribution in [0.15, 0.2) is 12.4 Å². The molecule has 0 amide bonds. The van der Waals surface area contributed by atoms with E-state index in [0.717, 1.165) is 19.3 Å². The summed E-state index contributed by atoms with van der Waals surface area (Å²) < 4.78 is 0. The van der Waals surface area contributed by atoms with Gasteiger partial charge in [-0.3, -0.25) is 4.79 Å². The van der Waals surface area contributed by atoms with Crippen LogP contribution < -0.4 is 5.32 Å². The van der Waals surface area contributed by atoms with E-state index in [1.54, 1.807) is 0 Å². The highest BCUT2D eigenvalue weighted by molar-refractivity contribution is 5.69. The lowest BCUT2D eigenvalue weighted by Gasteiger charge is -2.41. The topological polar surface area (TPSA) is 98.9 Å². The molecule has 1 aliphatic carbocycles. The maximum absolute atomic E-state index is 10.8. The number of nitrogens with one attached hydrogen (secondary N) is 1. The molecule has 88 valence electrons. The van der Waals surface area contributed by atoms with Gasteiger partial charge in [-0.05, 0) is 19.3 Å². The Kier molecular flexibility index (Phi) is 2.91. The van der Waals surface area contributed by atoms with Crippen molar-refractivity contribution in [2.24, 2.45) is 0 Å². The molecule has 1 aliphatic rings. The van der Waals surface area contributed by atoms with Gasteiger partial charge in [0.25, 0.3) is 0 Å². The first-order valence-corrected chi connectivity index (χ1v) is 5.36. The molecule has 17 heavy (non-hydrogen) atoms. The van der Waals surface area contributed by atoms with Gasteiger partial charge in [0.1, 0.15) is 11.9 Å². The highest BCUT2D eigenvalue weighted by atomic mass is 16.4. The third-order valence-electron chi connectivity index (χ3n) is 2.96. The normalized spacial score (nSPS) is 16.6. The summed E-state index contributed by atoms with van der Waals surface area (Å²) in [6.07, 6.45) is 5.57. The van der Waals surface area contributed by atoms with Crippen molar-refractivity contribution in [3.63, 3.8) is 0 Å². The molecule has 0 atom stereocenters. The average molecular weight is 232 g/mol. The van der Waals surface area contributed by atoms with Gasteiger partial charge in [-0.25, -0.2) is 9.97 Å². The lowest BCUT2D eigenvalue weighted by atomic mass is 9.74. The van der Waals surface area contributed by atoms with Gasteiger partial charge >= 0.3 is 5.97 Å². The van der Waals surface area contributed by atoms with Gasteiger partial charge in [-0.1, -0.05) is 0 Å². The number of nitriles is 1. The summed E-state index contributed by atoms with van der Waals surface area (Å²) in [5, 5.41) is 20.6. The summed E-state index contributed by atoms with van der Waals surface area (Å²) in [6, 6.07) is 1.88. The second kappa shape index (κ2) is 4.37. The molecule has 6 heteroatoms. The van der Waals surface area contributed by atoms with Gasteiger partial charge in [0.2, 0.25) is 0 Å². The fourth-order valence-corrected chi connectivity index (χ4v) is 1.96. The number of carboxylic acid groups (broad SMARTS) is 1. The maximum Gasteiger partial charge on any atom is 0.305 e. The first kappa shape index (κ1) is 11.3. The van der Waals surface area contributed by atoms with E-state index in [0.29, 0.717) is 5.82 Å². The second-order valence-corrected chi connectivity index (χ2v) is 4.23. The quantitative estimate of drug-likeness (QED) is 0.808. The van der Waals surface area contributed by atoms with Gasteiger partial charge in [-0.2, -0.15) is 5.26 Å². The molecule has 0 bridgehead atoms. The third-order valence-corrected chi connectivity index (χ3v) is 2.96. The molecule has 1 heterocycles. The zero-order valence-electron chi connectivity index (χ0n) is 9.18. The first-order valence-electron chi connectivity index (χ1n) is 5.36. The minimum absolute atomic E-state index is 0.0781. The molecule has 0 unspecified atom stereocenters. The number of carbonyl (C=O) groups is 1. The summed E-state index contributed by atoms with van der Waals surface area (Å²) in [5.41, 5.74) is -0.147. The van der Waals surface area contributed by atoms with Gasteiger partial charge in [-0.15, -0.1) is 0 Å². The number of nitrogens with zero attached hydrogens (tertiary/aromatic N) is 3. The van der Waals surface area contributed by atoms with E-state index in [2.05, 4.69) is 15.3 Å². The summed E-state index contributed by atoms with van der Waals surface area (Å²) in [5.74, 6) is -0.302. The summed E-state index contributed by atoms with van der Waals surface area (Å²) in [7, 11) is 0. The number of anilines is 1. The van der Waals surface area contributed by atoms with Crippen LogP contribution in [-0.4, -0.2) is 26.6 Å². The van der Waals surface area contributed by atoms with Crippen molar-refractivity contribution >= 4 is 11.8 Å². The molecule has 6 nitrogen and oxygen atoms in total. The fourth-order valence-electron chi connectivity index (χ4n) is 1.96. The average Bonchev–Trinajstić information content (AvgIpc) is 2.26. The number of aliphatic carboxylic acids is 1. The molecular formula is C11H12N4O2. The van der Waals surface area contributed by atoms with E-state index in [1.807, 2.05) is 6.07 Å². The Morgan fingerprint density at radius 1 is 1.53 bits per heavy atom. The largest absolute Gasteiger partial charge is 0.481 e. The molecule has 0 aromatic carbocycles. The molecule has 0 saturated heterocycles. The van der Waals surface area contributed by atoms with E-state index in [9.17, 15) is 4.79 Å². The van der Waals surface area contributed by atoms with E-state index in [-0.39, 0.29) is 12.1 Å². The Hall–Kier alpha value is -2.16. The zero-order chi connectivity index (χ0) is 12.3. The smallest absolute Gasteiger partial charge is 0.305 e. The molecule has 0 radical (unpaired) electrons. The number of aromatic nitrogens is 2. The second-order valence-electron chi connectivity index (χ2n) is 4.23. The number of rotatable bonds is 4. The van der Waals surface area contributed by atoms with Crippen LogP contribution in [0.4, 0.5) is 5.82 Å². The minimum Gasteiger partial charge on any atom is -0.481 e. The Balaban J connectivity index is 2.08. The van der Waals surface area contributed by atoms with Gasteiger partial charge in [0, 0.05) is 5.54 Å². The fraction of sp³-hybridized carbons (Fsp3) is 0.455. The molecule has 1 fully saturated rings. The Bertz CT molecular complexity index is 459. The van der Waals surface area contributed by atoms with Crippen molar-refractivity contribution in [3.8, 4) is 6.07 Å². The van der Waals surface area contributed by atoms with Crippen LogP contribution >= 0.6 is 0 Å². The number of carboxylic acids is 1. The zero-order valence-corrected chi connectivity index (χ0v) is 9.18. The summed E-state index contributed by atoms with van der Waals surface area (Å²) in [4.78, 5) is 18.7. The van der Waals surface area contributed by atoms with Crippen molar-refractivity contribution in [1.29, 1.82) is 5.26 Å². The molecule has 2 N–H and O–H groups in total. The van der Waals surface area contributed by atoms with Crippen LogP contribution in [0.3, 0.4) is 0 Å². The Morgan fingerprint density at radius 2 is 2.29 bits per heavy atom. The van der Waals surface area contributed by atoms with Gasteiger partial charge in [0.05, 0.1) is 18.8 Å². The highest BCUT2D eigenvalue weighted by Crippen LogP contribution is 2.37. The van der Waals surface area contributed by atoms with Crippen molar-refractivity contribution < 1.29 is 9.90 Å². The lowest BCUT2D eigenvalue weighted by Crippen LogP contribution is -2.47. The van der Waals surface area contributed by atoms with Gasteiger partial charge in [0.15, 0.2) is 5.69 Å². The molecule has 1 aromatic rings. The van der Waals surface area contributed by atoms with Crippen molar-refractivity contribution in [1.82, 2.24) is 9.97 Å². The number of hydrogen-bond donors (Lipinski definition) is 2. The van der Waals surface area contributed by atoms with Crippen LogP contribution in [0, 0.1) is 11.3 Å². The highest BCUT2D eigenvalue weighted by Gasteiger charge is 2.39. The van der Waals surface area contributed by atoms with Crippen LogP contribution in [0.25, 0.3) is 0 Å². The van der Waals surface area contributed by atoms with Gasteiger partial charge < -0.3 is 10.4 Å². The van der Waals surface area contributed by atoms with E-state index in [1.165, 1.54) is 12.4 Å². The molecule has 1 saturated carbocycles. The maximum atomic E-state index is 10.8. The van der Waals surface area contributed by atoms with E-state index < -0.39 is 11.5 Å². The molecule has 2 rings (SSSR count). The Morgan fingerprint density at radius 3 is 2.71 bits per heavy atom. The van der Waals surface area contributed by atoms with Crippen LogP contribution in [0.1, 0.15) is 31.4 Å². The molecule has 0 spiro atoms. The predicted molar refractivity (Wildman–Crippen MR) is 59.2 cm³/mol. The molecule has 1 aromatic heterocycles. The SMILES string of the molecule is N#Cc1cnc(NC2(CC(=O)O)CCC2)cn1. The first-order chi connectivity index (χ1) is 8.13. The van der Waals surface area contributed by atoms with Crippen LogP contribution in [0.2, 0.25) is 0 Å². The summed E-state index contributed by atoms with van der Waals surface area (Å²) in [6.45, 7) is 0. The lowest BCUT2D eigenvalue weighted by molar-refractivity contribution is -0.138. The van der Waals surface area contributed by atoms with Crippen molar-refractivity contribution in [2.75, 3.05) is 5.32 Å². The van der Waals surface area contributed by atoms with E-state index >= 15 is 0 Å². The monoisotopic (exact) mass is 232 g/mol. The third kappa shape index (κ3) is 2.50. The van der Waals surface area contributed by atoms with E-state index in [4.69, 9.17) is 10.4 Å².